The number of benzene rings is 2. The Labute approximate surface area is 164 Å². The SMILES string of the molecule is CN(C)C(=O)COc1ccc(NS(=O)(=O)c2ccc(Cl)c(C(F)(F)F)c2)cc1. The third kappa shape index (κ3) is 5.52. The first-order chi connectivity index (χ1) is 12.9. The first kappa shape index (κ1) is 21.8. The lowest BCUT2D eigenvalue weighted by Crippen LogP contribution is -2.27. The van der Waals surface area contributed by atoms with Gasteiger partial charge in [0.2, 0.25) is 0 Å². The molecule has 0 aliphatic carbocycles. The van der Waals surface area contributed by atoms with Crippen molar-refractivity contribution in [3.05, 3.63) is 53.1 Å². The zero-order valence-electron chi connectivity index (χ0n) is 14.7. The molecule has 152 valence electrons. The quantitative estimate of drug-likeness (QED) is 0.750. The van der Waals surface area contributed by atoms with Crippen LogP contribution in [0.15, 0.2) is 47.4 Å². The zero-order chi connectivity index (χ0) is 21.1. The minimum Gasteiger partial charge on any atom is -0.484 e. The minimum atomic E-state index is -4.79. The van der Waals surface area contributed by atoms with Crippen molar-refractivity contribution >= 4 is 33.2 Å². The summed E-state index contributed by atoms with van der Waals surface area (Å²) in [5.41, 5.74) is -1.14. The van der Waals surface area contributed by atoms with E-state index in [-0.39, 0.29) is 18.2 Å². The van der Waals surface area contributed by atoms with Crippen LogP contribution in [0, 0.1) is 0 Å². The van der Waals surface area contributed by atoms with Crippen LogP contribution in [-0.4, -0.2) is 39.9 Å². The number of halogens is 4. The molecule has 0 aliphatic rings. The minimum absolute atomic E-state index is 0.106. The Balaban J connectivity index is 2.15. The lowest BCUT2D eigenvalue weighted by Gasteiger charge is -2.13. The molecule has 0 spiro atoms. The van der Waals surface area contributed by atoms with Gasteiger partial charge in [-0.15, -0.1) is 0 Å². The number of nitrogens with one attached hydrogen (secondary N) is 1. The smallest absolute Gasteiger partial charge is 0.417 e. The third-order valence-corrected chi connectivity index (χ3v) is 5.23. The van der Waals surface area contributed by atoms with Crippen LogP contribution in [0.25, 0.3) is 0 Å². The molecule has 11 heteroatoms. The van der Waals surface area contributed by atoms with Crippen LogP contribution < -0.4 is 9.46 Å². The third-order valence-electron chi connectivity index (χ3n) is 3.52. The normalized spacial score (nSPS) is 11.8. The second-order valence-electron chi connectivity index (χ2n) is 5.85. The maximum Gasteiger partial charge on any atom is 0.417 e. The molecule has 0 unspecified atom stereocenters. The zero-order valence-corrected chi connectivity index (χ0v) is 16.3. The van der Waals surface area contributed by atoms with Crippen molar-refractivity contribution in [1.29, 1.82) is 0 Å². The average molecular weight is 437 g/mol. The van der Waals surface area contributed by atoms with Crippen molar-refractivity contribution in [2.75, 3.05) is 25.4 Å². The molecule has 0 fully saturated rings. The Morgan fingerprint density at radius 3 is 2.29 bits per heavy atom. The summed E-state index contributed by atoms with van der Waals surface area (Å²) >= 11 is 5.50. The summed E-state index contributed by atoms with van der Waals surface area (Å²) in [6.07, 6.45) is -4.79. The van der Waals surface area contributed by atoms with Crippen LogP contribution in [-0.2, 0) is 21.0 Å². The summed E-state index contributed by atoms with van der Waals surface area (Å²) in [7, 11) is -1.13. The fourth-order valence-electron chi connectivity index (χ4n) is 2.00. The number of likely N-dealkylation sites (N-methyl/N-ethyl adjacent to an activating group) is 1. The number of carbonyl (C=O) groups is 1. The molecular weight excluding hydrogens is 421 g/mol. The molecule has 0 atom stereocenters. The predicted octanol–water partition coefficient (Wildman–Crippen LogP) is 3.63. The van der Waals surface area contributed by atoms with Gasteiger partial charge in [0.1, 0.15) is 5.75 Å². The molecule has 0 saturated carbocycles. The summed E-state index contributed by atoms with van der Waals surface area (Å²) in [4.78, 5) is 12.2. The van der Waals surface area contributed by atoms with Crippen LogP contribution in [0.4, 0.5) is 18.9 Å². The fourth-order valence-corrected chi connectivity index (χ4v) is 3.31. The first-order valence-corrected chi connectivity index (χ1v) is 9.59. The van der Waals surface area contributed by atoms with E-state index in [1.165, 1.54) is 29.2 Å². The van der Waals surface area contributed by atoms with E-state index < -0.39 is 31.7 Å². The van der Waals surface area contributed by atoms with Gasteiger partial charge >= 0.3 is 6.18 Å². The van der Waals surface area contributed by atoms with Gasteiger partial charge in [0.05, 0.1) is 15.5 Å². The van der Waals surface area contributed by atoms with E-state index in [2.05, 4.69) is 4.72 Å². The highest BCUT2D eigenvalue weighted by molar-refractivity contribution is 7.92. The van der Waals surface area contributed by atoms with E-state index in [1.54, 1.807) is 14.1 Å². The van der Waals surface area contributed by atoms with Gasteiger partial charge in [-0.05, 0) is 42.5 Å². The molecule has 28 heavy (non-hydrogen) atoms. The molecule has 1 amide bonds. The summed E-state index contributed by atoms with van der Waals surface area (Å²) in [5, 5.41) is -0.597. The van der Waals surface area contributed by atoms with Crippen molar-refractivity contribution < 1.29 is 31.1 Å². The number of ether oxygens (including phenoxy) is 1. The Hall–Kier alpha value is -2.46. The van der Waals surface area contributed by atoms with Gasteiger partial charge in [-0.1, -0.05) is 11.6 Å². The van der Waals surface area contributed by atoms with Gasteiger partial charge in [-0.2, -0.15) is 13.2 Å². The van der Waals surface area contributed by atoms with Crippen molar-refractivity contribution in [2.45, 2.75) is 11.1 Å². The number of hydrogen-bond acceptors (Lipinski definition) is 4. The molecule has 0 saturated heterocycles. The van der Waals surface area contributed by atoms with E-state index in [9.17, 15) is 26.4 Å². The van der Waals surface area contributed by atoms with E-state index in [0.717, 1.165) is 12.1 Å². The number of carbonyl (C=O) groups excluding carboxylic acids is 1. The molecule has 0 aromatic heterocycles. The van der Waals surface area contributed by atoms with Crippen molar-refractivity contribution in [2.24, 2.45) is 0 Å². The van der Waals surface area contributed by atoms with Gasteiger partial charge in [0, 0.05) is 19.8 Å². The van der Waals surface area contributed by atoms with Gasteiger partial charge in [-0.25, -0.2) is 8.42 Å². The summed E-state index contributed by atoms with van der Waals surface area (Å²) in [5.74, 6) is 0.0667. The first-order valence-electron chi connectivity index (χ1n) is 7.73. The van der Waals surface area contributed by atoms with Crippen molar-refractivity contribution in [3.63, 3.8) is 0 Å². The molecule has 1 N–H and O–H groups in total. The standard InChI is InChI=1S/C17H16ClF3N2O4S/c1-23(2)16(24)10-27-12-5-3-11(4-6-12)22-28(25,26)13-7-8-15(18)14(9-13)17(19,20)21/h3-9,22H,10H2,1-2H3. The molecule has 6 nitrogen and oxygen atoms in total. The summed E-state index contributed by atoms with van der Waals surface area (Å²) in [6, 6.07) is 7.87. The van der Waals surface area contributed by atoms with Gasteiger partial charge < -0.3 is 9.64 Å². The van der Waals surface area contributed by atoms with E-state index >= 15 is 0 Å². The number of rotatable bonds is 6. The Bertz CT molecular complexity index is 961. The van der Waals surface area contributed by atoms with Crippen LogP contribution in [0.3, 0.4) is 0 Å². The highest BCUT2D eigenvalue weighted by Crippen LogP contribution is 2.36. The van der Waals surface area contributed by atoms with Crippen LogP contribution >= 0.6 is 11.6 Å². The van der Waals surface area contributed by atoms with Gasteiger partial charge in [0.25, 0.3) is 15.9 Å². The van der Waals surface area contributed by atoms with Crippen LogP contribution in [0.5, 0.6) is 5.75 Å². The van der Waals surface area contributed by atoms with Crippen molar-refractivity contribution in [3.8, 4) is 5.75 Å². The van der Waals surface area contributed by atoms with E-state index in [1.807, 2.05) is 0 Å². The molecule has 0 heterocycles. The average Bonchev–Trinajstić information content (AvgIpc) is 2.59. The van der Waals surface area contributed by atoms with E-state index in [0.29, 0.717) is 11.8 Å². The molecule has 0 radical (unpaired) electrons. The highest BCUT2D eigenvalue weighted by atomic mass is 35.5. The van der Waals surface area contributed by atoms with Crippen LogP contribution in [0.1, 0.15) is 5.56 Å². The largest absolute Gasteiger partial charge is 0.484 e. The maximum atomic E-state index is 12.9. The maximum absolute atomic E-state index is 12.9. The second kappa shape index (κ2) is 8.27. The summed E-state index contributed by atoms with van der Waals surface area (Å²) in [6.45, 7) is -0.191. The van der Waals surface area contributed by atoms with Gasteiger partial charge in [0.15, 0.2) is 6.61 Å². The van der Waals surface area contributed by atoms with Crippen LogP contribution in [0.2, 0.25) is 5.02 Å². The molecule has 0 bridgehead atoms. The monoisotopic (exact) mass is 436 g/mol. The number of sulfonamides is 1. The fraction of sp³-hybridized carbons (Fsp3) is 0.235. The molecular formula is C17H16ClF3N2O4S. The summed E-state index contributed by atoms with van der Waals surface area (Å²) < 4.78 is 70.9. The number of nitrogens with zero attached hydrogens (tertiary/aromatic N) is 1. The van der Waals surface area contributed by atoms with Crippen molar-refractivity contribution in [1.82, 2.24) is 4.90 Å². The lowest BCUT2D eigenvalue weighted by molar-refractivity contribution is -0.137. The number of amides is 1. The topological polar surface area (TPSA) is 75.7 Å². The Morgan fingerprint density at radius 2 is 1.75 bits per heavy atom. The second-order valence-corrected chi connectivity index (χ2v) is 7.94. The Kier molecular flexibility index (Phi) is 6.45. The number of hydrogen-bond donors (Lipinski definition) is 1. The number of alkyl halides is 3. The van der Waals surface area contributed by atoms with Gasteiger partial charge in [-0.3, -0.25) is 9.52 Å². The highest BCUT2D eigenvalue weighted by Gasteiger charge is 2.34. The molecule has 2 aromatic rings. The Morgan fingerprint density at radius 1 is 1.14 bits per heavy atom. The van der Waals surface area contributed by atoms with E-state index in [4.69, 9.17) is 16.3 Å². The number of anilines is 1. The molecule has 0 aliphatic heterocycles. The molecule has 2 aromatic carbocycles. The lowest BCUT2D eigenvalue weighted by atomic mass is 10.2. The molecule has 2 rings (SSSR count). The predicted molar refractivity (Wildman–Crippen MR) is 97.9 cm³/mol.